The van der Waals surface area contributed by atoms with Crippen molar-refractivity contribution in [2.45, 2.75) is 6.54 Å². The highest BCUT2D eigenvalue weighted by Crippen LogP contribution is 2.32. The topological polar surface area (TPSA) is 89.2 Å². The Morgan fingerprint density at radius 2 is 2.20 bits per heavy atom. The molecule has 3 rings (SSSR count). The molecule has 0 bridgehead atoms. The summed E-state index contributed by atoms with van der Waals surface area (Å²) in [6, 6.07) is 6.98. The Bertz CT molecular complexity index is 854. The number of fused-ring (bicyclic) bond motifs is 1. The fourth-order valence-electron chi connectivity index (χ4n) is 2.30. The molecule has 1 aromatic carbocycles. The van der Waals surface area contributed by atoms with E-state index in [1.54, 1.807) is 35.3 Å². The number of nitrogens with one attached hydrogen (secondary N) is 1. The number of carbonyl (C=O) groups excluding carboxylic acids is 1. The molecule has 0 spiro atoms. The summed E-state index contributed by atoms with van der Waals surface area (Å²) in [6.45, 7) is 1.51. The van der Waals surface area contributed by atoms with Gasteiger partial charge in [-0.1, -0.05) is 0 Å². The number of anilines is 1. The van der Waals surface area contributed by atoms with Crippen molar-refractivity contribution in [2.24, 2.45) is 0 Å². The number of nitriles is 1. The van der Waals surface area contributed by atoms with Gasteiger partial charge in [0.25, 0.3) is 5.91 Å². The van der Waals surface area contributed by atoms with Gasteiger partial charge in [-0.25, -0.2) is 0 Å². The Balaban J connectivity index is 1.74. The summed E-state index contributed by atoms with van der Waals surface area (Å²) in [5.41, 5.74) is 1.15. The number of carbonyl (C=O) groups is 1. The first-order valence-electron chi connectivity index (χ1n) is 7.61. The molecule has 1 aliphatic heterocycles. The van der Waals surface area contributed by atoms with E-state index in [0.717, 1.165) is 0 Å². The number of aromatic nitrogens is 2. The molecule has 0 unspecified atom stereocenters. The van der Waals surface area contributed by atoms with Gasteiger partial charge in [-0.3, -0.25) is 9.48 Å². The minimum Gasteiger partial charge on any atom is -0.486 e. The first-order valence-corrected chi connectivity index (χ1v) is 8.14. The summed E-state index contributed by atoms with van der Waals surface area (Å²) in [4.78, 5) is 12.3. The van der Waals surface area contributed by atoms with Crippen LogP contribution in [0.2, 0.25) is 0 Å². The van der Waals surface area contributed by atoms with E-state index in [1.165, 1.54) is 6.08 Å². The highest BCUT2D eigenvalue weighted by Gasteiger charge is 2.14. The van der Waals surface area contributed by atoms with Gasteiger partial charge in [-0.15, -0.1) is 11.6 Å². The Labute approximate surface area is 149 Å². The van der Waals surface area contributed by atoms with Crippen LogP contribution in [0.3, 0.4) is 0 Å². The van der Waals surface area contributed by atoms with Crippen molar-refractivity contribution in [3.05, 3.63) is 41.7 Å². The quantitative estimate of drug-likeness (QED) is 0.503. The van der Waals surface area contributed by atoms with Gasteiger partial charge in [0.15, 0.2) is 11.5 Å². The minimum absolute atomic E-state index is 0.0275. The van der Waals surface area contributed by atoms with Crippen LogP contribution in [0.1, 0.15) is 5.56 Å². The van der Waals surface area contributed by atoms with Crippen LogP contribution in [0.25, 0.3) is 6.08 Å². The lowest BCUT2D eigenvalue weighted by atomic mass is 10.2. The van der Waals surface area contributed by atoms with E-state index in [4.69, 9.17) is 21.1 Å². The highest BCUT2D eigenvalue weighted by molar-refractivity contribution is 6.17. The Morgan fingerprint density at radius 1 is 1.40 bits per heavy atom. The number of hydrogen-bond acceptors (Lipinski definition) is 5. The second kappa shape index (κ2) is 7.73. The van der Waals surface area contributed by atoms with Gasteiger partial charge >= 0.3 is 0 Å². The molecule has 8 heteroatoms. The number of amides is 1. The largest absolute Gasteiger partial charge is 0.486 e. The smallest absolute Gasteiger partial charge is 0.266 e. The second-order valence-electron chi connectivity index (χ2n) is 5.21. The van der Waals surface area contributed by atoms with Crippen LogP contribution in [0.4, 0.5) is 5.69 Å². The lowest BCUT2D eigenvalue weighted by Crippen LogP contribution is -2.17. The van der Waals surface area contributed by atoms with Gasteiger partial charge in [0, 0.05) is 29.4 Å². The SMILES string of the molecule is N#CC(=Cc1cnn(CCCl)c1)C(=O)Nc1ccc2c(c1)OCCO2. The number of rotatable bonds is 5. The van der Waals surface area contributed by atoms with Crippen molar-refractivity contribution in [1.82, 2.24) is 9.78 Å². The minimum atomic E-state index is -0.510. The number of ether oxygens (including phenoxy) is 2. The summed E-state index contributed by atoms with van der Waals surface area (Å²) in [5, 5.41) is 16.0. The van der Waals surface area contributed by atoms with Crippen molar-refractivity contribution in [1.29, 1.82) is 5.26 Å². The number of nitrogens with zero attached hydrogens (tertiary/aromatic N) is 3. The molecule has 0 saturated carbocycles. The number of halogens is 1. The Kier molecular flexibility index (Phi) is 5.21. The maximum absolute atomic E-state index is 12.3. The van der Waals surface area contributed by atoms with Crippen LogP contribution >= 0.6 is 11.6 Å². The molecule has 1 N–H and O–H groups in total. The molecule has 2 aromatic rings. The van der Waals surface area contributed by atoms with Gasteiger partial charge < -0.3 is 14.8 Å². The van der Waals surface area contributed by atoms with E-state index in [-0.39, 0.29) is 5.57 Å². The first-order chi connectivity index (χ1) is 12.2. The predicted octanol–water partition coefficient (Wildman–Crippen LogP) is 2.44. The lowest BCUT2D eigenvalue weighted by Gasteiger charge is -2.18. The first kappa shape index (κ1) is 16.9. The average molecular weight is 359 g/mol. The fraction of sp³-hybridized carbons (Fsp3) is 0.235. The molecule has 25 heavy (non-hydrogen) atoms. The summed E-state index contributed by atoms with van der Waals surface area (Å²) < 4.78 is 12.6. The maximum atomic E-state index is 12.3. The zero-order valence-corrected chi connectivity index (χ0v) is 14.0. The highest BCUT2D eigenvalue weighted by atomic mass is 35.5. The van der Waals surface area contributed by atoms with Gasteiger partial charge in [0.05, 0.1) is 12.7 Å². The predicted molar refractivity (Wildman–Crippen MR) is 92.6 cm³/mol. The van der Waals surface area contributed by atoms with Crippen LogP contribution in [-0.2, 0) is 11.3 Å². The van der Waals surface area contributed by atoms with E-state index in [9.17, 15) is 10.1 Å². The molecule has 0 radical (unpaired) electrons. The van der Waals surface area contributed by atoms with E-state index in [2.05, 4.69) is 10.4 Å². The van der Waals surface area contributed by atoms with Crippen molar-refractivity contribution < 1.29 is 14.3 Å². The van der Waals surface area contributed by atoms with Gasteiger partial charge in [-0.2, -0.15) is 10.4 Å². The van der Waals surface area contributed by atoms with E-state index < -0.39 is 5.91 Å². The van der Waals surface area contributed by atoms with E-state index >= 15 is 0 Å². The summed E-state index contributed by atoms with van der Waals surface area (Å²) in [5.74, 6) is 1.12. The number of hydrogen-bond donors (Lipinski definition) is 1. The van der Waals surface area contributed by atoms with Crippen molar-refractivity contribution in [3.8, 4) is 17.6 Å². The summed E-state index contributed by atoms with van der Waals surface area (Å²) in [7, 11) is 0. The van der Waals surface area contributed by atoms with E-state index in [0.29, 0.717) is 48.4 Å². The zero-order chi connectivity index (χ0) is 17.6. The number of benzene rings is 1. The molecule has 1 amide bonds. The van der Waals surface area contributed by atoms with Gasteiger partial charge in [0.1, 0.15) is 24.9 Å². The van der Waals surface area contributed by atoms with Crippen LogP contribution in [0.5, 0.6) is 11.5 Å². The van der Waals surface area contributed by atoms with Gasteiger partial charge in [0.2, 0.25) is 0 Å². The molecule has 0 aliphatic carbocycles. The Hall–Kier alpha value is -2.98. The maximum Gasteiger partial charge on any atom is 0.266 e. The third-order valence-electron chi connectivity index (χ3n) is 3.44. The molecule has 0 fully saturated rings. The lowest BCUT2D eigenvalue weighted by molar-refractivity contribution is -0.112. The molecular weight excluding hydrogens is 344 g/mol. The summed E-state index contributed by atoms with van der Waals surface area (Å²) in [6.07, 6.45) is 4.77. The van der Waals surface area contributed by atoms with Crippen LogP contribution in [0, 0.1) is 11.3 Å². The fourth-order valence-corrected chi connectivity index (χ4v) is 2.47. The molecular formula is C17H15ClN4O3. The zero-order valence-electron chi connectivity index (χ0n) is 13.2. The van der Waals surface area contributed by atoms with E-state index in [1.807, 2.05) is 6.07 Å². The molecule has 1 aliphatic rings. The number of aryl methyl sites for hydroxylation is 1. The summed E-state index contributed by atoms with van der Waals surface area (Å²) >= 11 is 5.66. The van der Waals surface area contributed by atoms with Crippen molar-refractivity contribution >= 4 is 29.3 Å². The van der Waals surface area contributed by atoms with Crippen LogP contribution in [-0.4, -0.2) is 34.8 Å². The molecule has 7 nitrogen and oxygen atoms in total. The molecule has 1 aromatic heterocycles. The monoisotopic (exact) mass is 358 g/mol. The number of alkyl halides is 1. The molecule has 0 atom stereocenters. The van der Waals surface area contributed by atoms with Crippen molar-refractivity contribution in [3.63, 3.8) is 0 Å². The average Bonchev–Trinajstić information content (AvgIpc) is 3.07. The third kappa shape index (κ3) is 4.11. The van der Waals surface area contributed by atoms with Gasteiger partial charge in [-0.05, 0) is 18.2 Å². The molecule has 128 valence electrons. The third-order valence-corrected chi connectivity index (χ3v) is 3.61. The second-order valence-corrected chi connectivity index (χ2v) is 5.59. The molecule has 2 heterocycles. The van der Waals surface area contributed by atoms with Crippen LogP contribution in [0.15, 0.2) is 36.2 Å². The molecule has 0 saturated heterocycles. The van der Waals surface area contributed by atoms with Crippen LogP contribution < -0.4 is 14.8 Å². The standard InChI is InChI=1S/C17H15ClN4O3/c18-3-4-22-11-12(10-20-22)7-13(9-19)17(23)21-14-1-2-15-16(8-14)25-6-5-24-15/h1-2,7-8,10-11H,3-6H2,(H,21,23). The normalized spacial score (nSPS) is 13.2. The Morgan fingerprint density at radius 3 is 2.96 bits per heavy atom. The van der Waals surface area contributed by atoms with Crippen molar-refractivity contribution in [2.75, 3.05) is 24.4 Å².